The first-order chi connectivity index (χ1) is 12.0. The maximum absolute atomic E-state index is 12.3. The molecule has 2 N–H and O–H groups in total. The maximum Gasteiger partial charge on any atom is 0.279 e. The van der Waals surface area contributed by atoms with Gasteiger partial charge in [0.15, 0.2) is 6.54 Å². The van der Waals surface area contributed by atoms with Crippen LogP contribution in [0.15, 0.2) is 65.1 Å². The van der Waals surface area contributed by atoms with Gasteiger partial charge in [-0.1, -0.05) is 42.5 Å². The van der Waals surface area contributed by atoms with Crippen molar-refractivity contribution in [1.82, 2.24) is 0 Å². The highest BCUT2D eigenvalue weighted by Gasteiger charge is 2.12. The lowest BCUT2D eigenvalue weighted by molar-refractivity contribution is -0.885. The van der Waals surface area contributed by atoms with Crippen molar-refractivity contribution in [2.75, 3.05) is 18.9 Å². The van der Waals surface area contributed by atoms with Gasteiger partial charge in [-0.3, -0.25) is 4.79 Å². The maximum atomic E-state index is 12.3. The lowest BCUT2D eigenvalue weighted by Crippen LogP contribution is -3.08. The minimum absolute atomic E-state index is 0.0165. The van der Waals surface area contributed by atoms with Gasteiger partial charge in [-0.2, -0.15) is 0 Å². The molecule has 0 aliphatic heterocycles. The van der Waals surface area contributed by atoms with Gasteiger partial charge in [-0.15, -0.1) is 0 Å². The van der Waals surface area contributed by atoms with Crippen LogP contribution in [0.25, 0.3) is 10.8 Å². The number of hydrogen-bond donors (Lipinski definition) is 2. The molecule has 0 aliphatic rings. The van der Waals surface area contributed by atoms with Crippen LogP contribution in [0.5, 0.6) is 0 Å². The van der Waals surface area contributed by atoms with Gasteiger partial charge >= 0.3 is 0 Å². The van der Waals surface area contributed by atoms with Crippen LogP contribution < -0.4 is 10.2 Å². The van der Waals surface area contributed by atoms with Crippen LogP contribution in [0, 0.1) is 6.92 Å². The van der Waals surface area contributed by atoms with E-state index in [1.807, 2.05) is 38.2 Å². The summed E-state index contributed by atoms with van der Waals surface area (Å²) < 4.78 is 0.910. The summed E-state index contributed by atoms with van der Waals surface area (Å²) in [5.41, 5.74) is 3.21. The molecule has 0 aliphatic carbocycles. The highest BCUT2D eigenvalue weighted by molar-refractivity contribution is 9.10. The number of anilines is 1. The Morgan fingerprint density at radius 2 is 1.80 bits per heavy atom. The first kappa shape index (κ1) is 17.6. The minimum Gasteiger partial charge on any atom is -0.326 e. The largest absolute Gasteiger partial charge is 0.326 e. The summed E-state index contributed by atoms with van der Waals surface area (Å²) in [5, 5.41) is 5.46. The molecule has 3 nitrogen and oxygen atoms in total. The van der Waals surface area contributed by atoms with Crippen molar-refractivity contribution < 1.29 is 9.69 Å². The standard InChI is InChI=1S/C21H21BrN2O/c1-15-7-10-20(19(22)11-15)23-21(25)14-24(2)13-16-8-9-17-5-3-4-6-18(17)12-16/h3-12H,13-14H2,1-2H3,(H,23,25)/p+1. The molecule has 1 amide bonds. The van der Waals surface area contributed by atoms with E-state index in [0.29, 0.717) is 6.54 Å². The van der Waals surface area contributed by atoms with Gasteiger partial charge in [0.05, 0.1) is 12.7 Å². The zero-order chi connectivity index (χ0) is 17.8. The molecule has 25 heavy (non-hydrogen) atoms. The summed E-state index contributed by atoms with van der Waals surface area (Å²) in [7, 11) is 2.04. The number of quaternary nitrogens is 1. The summed E-state index contributed by atoms with van der Waals surface area (Å²) in [6, 6.07) is 20.7. The average Bonchev–Trinajstić information content (AvgIpc) is 2.57. The number of amides is 1. The van der Waals surface area contributed by atoms with Crippen molar-refractivity contribution >= 4 is 38.3 Å². The Kier molecular flexibility index (Phi) is 5.51. The van der Waals surface area contributed by atoms with Gasteiger partial charge in [-0.25, -0.2) is 0 Å². The predicted octanol–water partition coefficient (Wildman–Crippen LogP) is 3.56. The van der Waals surface area contributed by atoms with Crippen molar-refractivity contribution in [2.45, 2.75) is 13.5 Å². The van der Waals surface area contributed by atoms with Crippen LogP contribution in [-0.2, 0) is 11.3 Å². The van der Waals surface area contributed by atoms with Crippen LogP contribution >= 0.6 is 15.9 Å². The number of halogens is 1. The Bertz CT molecular complexity index is 907. The molecule has 4 heteroatoms. The van der Waals surface area contributed by atoms with Gasteiger partial charge in [0, 0.05) is 10.0 Å². The van der Waals surface area contributed by atoms with Gasteiger partial charge in [0.1, 0.15) is 6.54 Å². The van der Waals surface area contributed by atoms with Crippen LogP contribution in [0.4, 0.5) is 5.69 Å². The fraction of sp³-hybridized carbons (Fsp3) is 0.190. The van der Waals surface area contributed by atoms with Crippen LogP contribution in [0.1, 0.15) is 11.1 Å². The first-order valence-corrected chi connectivity index (χ1v) is 9.15. The smallest absolute Gasteiger partial charge is 0.279 e. The summed E-state index contributed by atoms with van der Waals surface area (Å²) in [4.78, 5) is 13.5. The summed E-state index contributed by atoms with van der Waals surface area (Å²) in [5.74, 6) is 0.0165. The normalized spacial score (nSPS) is 12.1. The Morgan fingerprint density at radius 1 is 1.04 bits per heavy atom. The molecular formula is C21H22BrN2O+. The predicted molar refractivity (Wildman–Crippen MR) is 107 cm³/mol. The molecule has 3 aromatic rings. The van der Waals surface area contributed by atoms with E-state index >= 15 is 0 Å². The molecule has 0 bridgehead atoms. The third-order valence-corrected chi connectivity index (χ3v) is 4.84. The summed E-state index contributed by atoms with van der Waals surface area (Å²) >= 11 is 3.50. The fourth-order valence-electron chi connectivity index (χ4n) is 2.95. The van der Waals surface area contributed by atoms with E-state index in [1.54, 1.807) is 0 Å². The summed E-state index contributed by atoms with van der Waals surface area (Å²) in [6.45, 7) is 3.26. The minimum atomic E-state index is 0.0165. The lowest BCUT2D eigenvalue weighted by atomic mass is 10.1. The number of aryl methyl sites for hydroxylation is 1. The second-order valence-corrected chi connectivity index (χ2v) is 7.38. The fourth-order valence-corrected chi connectivity index (χ4v) is 3.54. The Hall–Kier alpha value is -2.17. The number of likely N-dealkylation sites (N-methyl/N-ethyl adjacent to an activating group) is 1. The number of rotatable bonds is 5. The van der Waals surface area contributed by atoms with Crippen molar-refractivity contribution in [3.63, 3.8) is 0 Å². The Labute approximate surface area is 156 Å². The van der Waals surface area contributed by atoms with Crippen molar-refractivity contribution in [2.24, 2.45) is 0 Å². The molecule has 1 unspecified atom stereocenters. The van der Waals surface area contributed by atoms with E-state index in [-0.39, 0.29) is 5.91 Å². The zero-order valence-corrected chi connectivity index (χ0v) is 16.1. The molecule has 0 spiro atoms. The van der Waals surface area contributed by atoms with Gasteiger partial charge in [0.2, 0.25) is 0 Å². The van der Waals surface area contributed by atoms with E-state index in [2.05, 4.69) is 57.6 Å². The molecule has 0 saturated heterocycles. The van der Waals surface area contributed by atoms with Crippen LogP contribution in [-0.4, -0.2) is 19.5 Å². The highest BCUT2D eigenvalue weighted by Crippen LogP contribution is 2.23. The first-order valence-electron chi connectivity index (χ1n) is 8.36. The van der Waals surface area contributed by atoms with Crippen LogP contribution in [0.3, 0.4) is 0 Å². The molecular weight excluding hydrogens is 376 g/mol. The third-order valence-electron chi connectivity index (χ3n) is 4.18. The molecule has 0 heterocycles. The zero-order valence-electron chi connectivity index (χ0n) is 14.5. The number of benzene rings is 3. The second kappa shape index (κ2) is 7.81. The molecule has 0 saturated carbocycles. The van der Waals surface area contributed by atoms with E-state index in [4.69, 9.17) is 0 Å². The molecule has 128 valence electrons. The monoisotopic (exact) mass is 397 g/mol. The quantitative estimate of drug-likeness (QED) is 0.677. The topological polar surface area (TPSA) is 33.5 Å². The van der Waals surface area contributed by atoms with Crippen LogP contribution in [0.2, 0.25) is 0 Å². The van der Waals surface area contributed by atoms with Gasteiger partial charge in [-0.05, 0) is 57.4 Å². The Balaban J connectivity index is 1.60. The van der Waals surface area contributed by atoms with Gasteiger partial charge in [0.25, 0.3) is 5.91 Å². The second-order valence-electron chi connectivity index (χ2n) is 6.52. The molecule has 3 rings (SSSR count). The van der Waals surface area contributed by atoms with E-state index in [1.165, 1.54) is 16.3 Å². The number of nitrogens with one attached hydrogen (secondary N) is 2. The summed E-state index contributed by atoms with van der Waals surface area (Å²) in [6.07, 6.45) is 0. The molecule has 3 aromatic carbocycles. The van der Waals surface area contributed by atoms with Gasteiger partial charge < -0.3 is 10.2 Å². The number of carbonyl (C=O) groups excluding carboxylic acids is 1. The number of carbonyl (C=O) groups is 1. The average molecular weight is 398 g/mol. The number of hydrogen-bond acceptors (Lipinski definition) is 1. The van der Waals surface area contributed by atoms with E-state index < -0.39 is 0 Å². The molecule has 0 fully saturated rings. The van der Waals surface area contributed by atoms with Crippen molar-refractivity contribution in [3.8, 4) is 0 Å². The Morgan fingerprint density at radius 3 is 2.56 bits per heavy atom. The molecule has 0 aromatic heterocycles. The number of fused-ring (bicyclic) bond motifs is 1. The van der Waals surface area contributed by atoms with E-state index in [0.717, 1.165) is 27.2 Å². The lowest BCUT2D eigenvalue weighted by Gasteiger charge is -2.15. The third kappa shape index (κ3) is 4.68. The highest BCUT2D eigenvalue weighted by atomic mass is 79.9. The van der Waals surface area contributed by atoms with E-state index in [9.17, 15) is 4.79 Å². The SMILES string of the molecule is Cc1ccc(NC(=O)C[NH+](C)Cc2ccc3ccccc3c2)c(Br)c1. The van der Waals surface area contributed by atoms with Crippen molar-refractivity contribution in [3.05, 3.63) is 76.3 Å². The van der Waals surface area contributed by atoms with Crippen molar-refractivity contribution in [1.29, 1.82) is 0 Å². The molecule has 1 atom stereocenters. The molecule has 0 radical (unpaired) electrons.